The summed E-state index contributed by atoms with van der Waals surface area (Å²) in [4.78, 5) is 12.1. The van der Waals surface area contributed by atoms with Crippen molar-refractivity contribution in [3.8, 4) is 0 Å². The van der Waals surface area contributed by atoms with Crippen LogP contribution in [0.25, 0.3) is 0 Å². The molecule has 134 valence electrons. The van der Waals surface area contributed by atoms with Crippen LogP contribution >= 0.6 is 0 Å². The fraction of sp³-hybridized carbons (Fsp3) is 0.850. The molecular weight excluding hydrogens is 304 g/mol. The number of carbonyl (C=O) groups excluding carboxylic acids is 1. The lowest BCUT2D eigenvalue weighted by Crippen LogP contribution is -2.58. The maximum Gasteiger partial charge on any atom is 0.336 e. The molecule has 0 bridgehead atoms. The highest BCUT2D eigenvalue weighted by atomic mass is 16.6. The largest absolute Gasteiger partial charge is 0.428 e. The molecule has 0 radical (unpaired) electrons. The zero-order valence-corrected chi connectivity index (χ0v) is 15.1. The van der Waals surface area contributed by atoms with Gasteiger partial charge in [-0.25, -0.2) is 4.79 Å². The van der Waals surface area contributed by atoms with Gasteiger partial charge in [0.05, 0.1) is 0 Å². The van der Waals surface area contributed by atoms with E-state index in [0.717, 1.165) is 49.7 Å². The lowest BCUT2D eigenvalue weighted by molar-refractivity contribution is -0.158. The molecule has 4 nitrogen and oxygen atoms in total. The van der Waals surface area contributed by atoms with Crippen LogP contribution in [0.5, 0.6) is 0 Å². The van der Waals surface area contributed by atoms with E-state index in [0.29, 0.717) is 11.8 Å². The second kappa shape index (κ2) is 5.07. The van der Waals surface area contributed by atoms with Gasteiger partial charge in [0, 0.05) is 17.8 Å². The summed E-state index contributed by atoms with van der Waals surface area (Å²) in [6.07, 6.45) is 6.13. The first-order chi connectivity index (χ1) is 11.3. The molecule has 0 spiro atoms. The molecule has 4 aliphatic rings. The van der Waals surface area contributed by atoms with E-state index in [2.05, 4.69) is 20.8 Å². The van der Waals surface area contributed by atoms with E-state index in [-0.39, 0.29) is 28.8 Å². The molecule has 0 unspecified atom stereocenters. The third-order valence-corrected chi connectivity index (χ3v) is 8.31. The summed E-state index contributed by atoms with van der Waals surface area (Å²) < 4.78 is 5.16. The van der Waals surface area contributed by atoms with Crippen molar-refractivity contribution < 1.29 is 19.7 Å². The Hall–Kier alpha value is -0.870. The summed E-state index contributed by atoms with van der Waals surface area (Å²) in [6.45, 7) is 7.16. The molecule has 2 saturated carbocycles. The maximum atomic E-state index is 12.1. The second-order valence-electron chi connectivity index (χ2n) is 9.42. The highest BCUT2D eigenvalue weighted by Crippen LogP contribution is 2.69. The standard InChI is InChI=1S/C20H30O4/c1-18(11-21)8-4-9-19(2)13(18)7-10-20(3)14(19)6-5-12-15(20)17(23)24-16(12)22/h13-14,17,21,23H,4-11H2,1-3H3/t13-,14+,17-,18+,19-,20+/m0/s1. The van der Waals surface area contributed by atoms with Crippen molar-refractivity contribution in [2.24, 2.45) is 28.1 Å². The molecule has 2 N–H and O–H groups in total. The molecule has 1 heterocycles. The highest BCUT2D eigenvalue weighted by molar-refractivity contribution is 5.92. The third kappa shape index (κ3) is 1.90. The monoisotopic (exact) mass is 334 g/mol. The van der Waals surface area contributed by atoms with Gasteiger partial charge >= 0.3 is 5.97 Å². The van der Waals surface area contributed by atoms with Crippen molar-refractivity contribution in [3.63, 3.8) is 0 Å². The fourth-order valence-electron chi connectivity index (χ4n) is 7.26. The summed E-state index contributed by atoms with van der Waals surface area (Å²) >= 11 is 0. The second-order valence-corrected chi connectivity index (χ2v) is 9.42. The van der Waals surface area contributed by atoms with E-state index in [9.17, 15) is 15.0 Å². The molecule has 6 atom stereocenters. The molecule has 0 amide bonds. The van der Waals surface area contributed by atoms with Crippen LogP contribution in [0.15, 0.2) is 11.1 Å². The first-order valence-electron chi connectivity index (χ1n) is 9.50. The van der Waals surface area contributed by atoms with Crippen molar-refractivity contribution in [2.75, 3.05) is 6.61 Å². The molecule has 2 fully saturated rings. The van der Waals surface area contributed by atoms with Crippen molar-refractivity contribution >= 4 is 5.97 Å². The number of hydrogen-bond donors (Lipinski definition) is 2. The minimum absolute atomic E-state index is 0.00357. The number of ether oxygens (including phenoxy) is 1. The van der Waals surface area contributed by atoms with Gasteiger partial charge < -0.3 is 14.9 Å². The lowest BCUT2D eigenvalue weighted by Gasteiger charge is -2.64. The minimum Gasteiger partial charge on any atom is -0.428 e. The zero-order valence-electron chi connectivity index (χ0n) is 15.1. The van der Waals surface area contributed by atoms with Crippen molar-refractivity contribution in [3.05, 3.63) is 11.1 Å². The third-order valence-electron chi connectivity index (χ3n) is 8.31. The predicted molar refractivity (Wildman–Crippen MR) is 89.8 cm³/mol. The first-order valence-corrected chi connectivity index (χ1v) is 9.50. The molecule has 0 aromatic heterocycles. The summed E-state index contributed by atoms with van der Waals surface area (Å²) in [6, 6.07) is 0. The van der Waals surface area contributed by atoms with Crippen LogP contribution in [-0.2, 0) is 9.53 Å². The Balaban J connectivity index is 1.78. The van der Waals surface area contributed by atoms with Crippen molar-refractivity contribution in [1.82, 2.24) is 0 Å². The number of hydrogen-bond acceptors (Lipinski definition) is 4. The molecule has 3 aliphatic carbocycles. The van der Waals surface area contributed by atoms with E-state index in [1.165, 1.54) is 6.42 Å². The van der Waals surface area contributed by atoms with Gasteiger partial charge in [0.25, 0.3) is 0 Å². The maximum absolute atomic E-state index is 12.1. The smallest absolute Gasteiger partial charge is 0.336 e. The highest BCUT2D eigenvalue weighted by Gasteiger charge is 2.63. The predicted octanol–water partition coefficient (Wildman–Crippen LogP) is 3.17. The van der Waals surface area contributed by atoms with E-state index < -0.39 is 6.29 Å². The van der Waals surface area contributed by atoms with Gasteiger partial charge in [-0.05, 0) is 66.6 Å². The number of rotatable bonds is 1. The number of esters is 1. The number of aliphatic hydroxyl groups is 2. The number of carbonyl (C=O) groups is 1. The van der Waals surface area contributed by atoms with E-state index in [1.54, 1.807) is 0 Å². The number of aliphatic hydroxyl groups excluding tert-OH is 2. The SMILES string of the molecule is C[C@]1(CO)CCC[C@]2(C)[C@H]3CCC4=C([C@@H](O)OC4=O)[C@]3(C)CC[C@@H]12. The molecule has 0 aromatic rings. The number of cyclic esters (lactones) is 1. The Morgan fingerprint density at radius 1 is 1.12 bits per heavy atom. The Kier molecular flexibility index (Phi) is 3.51. The first kappa shape index (κ1) is 16.6. The van der Waals surface area contributed by atoms with Gasteiger partial charge in [-0.1, -0.05) is 27.2 Å². The Bertz CT molecular complexity index is 611. The lowest BCUT2D eigenvalue weighted by atomic mass is 9.40. The molecule has 4 rings (SSSR count). The number of fused-ring (bicyclic) bond motifs is 4. The summed E-state index contributed by atoms with van der Waals surface area (Å²) in [7, 11) is 0. The van der Waals surface area contributed by atoms with Crippen LogP contribution in [0.4, 0.5) is 0 Å². The summed E-state index contributed by atoms with van der Waals surface area (Å²) in [5.74, 6) is 0.644. The topological polar surface area (TPSA) is 66.8 Å². The van der Waals surface area contributed by atoms with E-state index in [4.69, 9.17) is 4.74 Å². The normalized spacial score (nSPS) is 50.9. The van der Waals surface area contributed by atoms with Crippen LogP contribution in [0, 0.1) is 28.1 Å². The molecule has 0 saturated heterocycles. The van der Waals surface area contributed by atoms with Crippen LogP contribution < -0.4 is 0 Å². The van der Waals surface area contributed by atoms with Gasteiger partial charge in [0.2, 0.25) is 6.29 Å². The zero-order chi connectivity index (χ0) is 17.3. The van der Waals surface area contributed by atoms with E-state index >= 15 is 0 Å². The van der Waals surface area contributed by atoms with Crippen LogP contribution in [0.2, 0.25) is 0 Å². The molecule has 24 heavy (non-hydrogen) atoms. The van der Waals surface area contributed by atoms with Gasteiger partial charge in [-0.2, -0.15) is 0 Å². The van der Waals surface area contributed by atoms with Gasteiger partial charge in [-0.15, -0.1) is 0 Å². The molecule has 4 heteroatoms. The fourth-order valence-corrected chi connectivity index (χ4v) is 7.26. The van der Waals surface area contributed by atoms with Crippen LogP contribution in [0.1, 0.15) is 65.7 Å². The van der Waals surface area contributed by atoms with E-state index in [1.807, 2.05) is 0 Å². The Morgan fingerprint density at radius 3 is 2.58 bits per heavy atom. The molecule has 1 aliphatic heterocycles. The van der Waals surface area contributed by atoms with Crippen LogP contribution in [-0.4, -0.2) is 29.1 Å². The van der Waals surface area contributed by atoms with Crippen molar-refractivity contribution in [2.45, 2.75) is 72.0 Å². The average molecular weight is 334 g/mol. The summed E-state index contributed by atoms with van der Waals surface area (Å²) in [5.41, 5.74) is 1.62. The minimum atomic E-state index is -1.05. The van der Waals surface area contributed by atoms with Gasteiger partial charge in [0.15, 0.2) is 0 Å². The quantitative estimate of drug-likeness (QED) is 0.723. The Labute approximate surface area is 144 Å². The van der Waals surface area contributed by atoms with Gasteiger partial charge in [-0.3, -0.25) is 0 Å². The molecule has 0 aromatic carbocycles. The summed E-state index contributed by atoms with van der Waals surface area (Å²) in [5, 5.41) is 20.5. The van der Waals surface area contributed by atoms with Crippen molar-refractivity contribution in [1.29, 1.82) is 0 Å². The molecular formula is C20H30O4. The van der Waals surface area contributed by atoms with Gasteiger partial charge in [0.1, 0.15) is 0 Å². The van der Waals surface area contributed by atoms with Crippen LogP contribution in [0.3, 0.4) is 0 Å². The Morgan fingerprint density at radius 2 is 1.88 bits per heavy atom. The average Bonchev–Trinajstić information content (AvgIpc) is 2.82.